The highest BCUT2D eigenvalue weighted by atomic mass is 35.5. The van der Waals surface area contributed by atoms with Crippen molar-refractivity contribution in [3.63, 3.8) is 0 Å². The standard InChI is InChI=1S/C15H21N3O3S.ClH/c1-11(19)18-9-4-12-10-14(2-3-15(12)18)22(20,21)17-7-5-13(16)6-8-17;/h2-3,10,13H,4-9,16H2,1H3;1H. The first kappa shape index (κ1) is 18.2. The summed E-state index contributed by atoms with van der Waals surface area (Å²) >= 11 is 0. The molecule has 2 aliphatic heterocycles. The molecular formula is C15H22ClN3O3S. The molecule has 0 atom stereocenters. The summed E-state index contributed by atoms with van der Waals surface area (Å²) in [6, 6.07) is 5.15. The number of sulfonamides is 1. The van der Waals surface area contributed by atoms with E-state index in [9.17, 15) is 13.2 Å². The van der Waals surface area contributed by atoms with Gasteiger partial charge in [0.05, 0.1) is 4.90 Å². The van der Waals surface area contributed by atoms with Crippen molar-refractivity contribution >= 4 is 34.0 Å². The fourth-order valence-electron chi connectivity index (χ4n) is 3.13. The summed E-state index contributed by atoms with van der Waals surface area (Å²) in [5.74, 6) is -0.0145. The van der Waals surface area contributed by atoms with Crippen LogP contribution >= 0.6 is 12.4 Å². The van der Waals surface area contributed by atoms with Crippen molar-refractivity contribution in [3.8, 4) is 0 Å². The molecular weight excluding hydrogens is 338 g/mol. The Morgan fingerprint density at radius 2 is 1.87 bits per heavy atom. The molecule has 0 aliphatic carbocycles. The van der Waals surface area contributed by atoms with Crippen LogP contribution in [-0.4, -0.2) is 44.3 Å². The van der Waals surface area contributed by atoms with Crippen LogP contribution in [0.25, 0.3) is 0 Å². The van der Waals surface area contributed by atoms with Crippen LogP contribution in [0.1, 0.15) is 25.3 Å². The predicted molar refractivity (Wildman–Crippen MR) is 91.4 cm³/mol. The lowest BCUT2D eigenvalue weighted by Crippen LogP contribution is -2.42. The van der Waals surface area contributed by atoms with E-state index in [1.807, 2.05) is 0 Å². The van der Waals surface area contributed by atoms with Crippen molar-refractivity contribution in [1.29, 1.82) is 0 Å². The van der Waals surface area contributed by atoms with Crippen LogP contribution in [0.15, 0.2) is 23.1 Å². The van der Waals surface area contributed by atoms with Gasteiger partial charge in [-0.15, -0.1) is 12.4 Å². The van der Waals surface area contributed by atoms with Crippen molar-refractivity contribution in [2.75, 3.05) is 24.5 Å². The van der Waals surface area contributed by atoms with Gasteiger partial charge in [-0.05, 0) is 43.0 Å². The quantitative estimate of drug-likeness (QED) is 0.857. The second-order valence-electron chi connectivity index (χ2n) is 5.95. The third-order valence-electron chi connectivity index (χ3n) is 4.46. The average molecular weight is 360 g/mol. The van der Waals surface area contributed by atoms with Gasteiger partial charge in [-0.25, -0.2) is 8.42 Å². The predicted octanol–water partition coefficient (Wildman–Crippen LogP) is 1.13. The topological polar surface area (TPSA) is 83.7 Å². The molecule has 2 heterocycles. The molecule has 23 heavy (non-hydrogen) atoms. The van der Waals surface area contributed by atoms with Gasteiger partial charge in [-0.1, -0.05) is 0 Å². The molecule has 0 bridgehead atoms. The molecule has 3 rings (SSSR count). The molecule has 1 aromatic rings. The van der Waals surface area contributed by atoms with Gasteiger partial charge in [0.2, 0.25) is 15.9 Å². The lowest BCUT2D eigenvalue weighted by molar-refractivity contribution is -0.116. The van der Waals surface area contributed by atoms with Crippen molar-refractivity contribution < 1.29 is 13.2 Å². The summed E-state index contributed by atoms with van der Waals surface area (Å²) in [4.78, 5) is 13.6. The minimum Gasteiger partial charge on any atom is -0.328 e. The van der Waals surface area contributed by atoms with Gasteiger partial charge in [-0.3, -0.25) is 4.79 Å². The molecule has 1 amide bonds. The number of nitrogens with zero attached hydrogens (tertiary/aromatic N) is 2. The normalized spacial score (nSPS) is 19.3. The summed E-state index contributed by atoms with van der Waals surface area (Å²) in [5, 5.41) is 0. The highest BCUT2D eigenvalue weighted by Crippen LogP contribution is 2.31. The smallest absolute Gasteiger partial charge is 0.243 e. The zero-order valence-corrected chi connectivity index (χ0v) is 14.7. The Bertz CT molecular complexity index is 700. The molecule has 1 fully saturated rings. The van der Waals surface area contributed by atoms with Crippen LogP contribution in [0.4, 0.5) is 5.69 Å². The number of benzene rings is 1. The number of fused-ring (bicyclic) bond motifs is 1. The zero-order valence-electron chi connectivity index (χ0n) is 13.1. The van der Waals surface area contributed by atoms with Crippen LogP contribution in [0.5, 0.6) is 0 Å². The number of halogens is 1. The number of carbonyl (C=O) groups excluding carboxylic acids is 1. The Kier molecular flexibility index (Phi) is 5.35. The Hall–Kier alpha value is -1.15. The van der Waals surface area contributed by atoms with Crippen LogP contribution in [0, 0.1) is 0 Å². The maximum atomic E-state index is 12.7. The van der Waals surface area contributed by atoms with Gasteiger partial charge in [-0.2, -0.15) is 4.31 Å². The van der Waals surface area contributed by atoms with E-state index in [-0.39, 0.29) is 24.4 Å². The molecule has 0 spiro atoms. The fraction of sp³-hybridized carbons (Fsp3) is 0.533. The maximum absolute atomic E-state index is 12.7. The lowest BCUT2D eigenvalue weighted by Gasteiger charge is -2.29. The van der Waals surface area contributed by atoms with E-state index in [1.165, 1.54) is 11.2 Å². The summed E-state index contributed by atoms with van der Waals surface area (Å²) < 4.78 is 26.9. The number of piperidine rings is 1. The van der Waals surface area contributed by atoms with E-state index >= 15 is 0 Å². The van der Waals surface area contributed by atoms with Crippen molar-refractivity contribution in [2.24, 2.45) is 5.73 Å². The van der Waals surface area contributed by atoms with E-state index in [2.05, 4.69) is 0 Å². The van der Waals surface area contributed by atoms with Crippen LogP contribution < -0.4 is 10.6 Å². The number of amides is 1. The molecule has 0 radical (unpaired) electrons. The molecule has 0 unspecified atom stereocenters. The molecule has 2 aliphatic rings. The van der Waals surface area contributed by atoms with Crippen LogP contribution in [-0.2, 0) is 21.2 Å². The van der Waals surface area contributed by atoms with E-state index in [4.69, 9.17) is 5.73 Å². The van der Waals surface area contributed by atoms with E-state index in [1.54, 1.807) is 23.1 Å². The highest BCUT2D eigenvalue weighted by molar-refractivity contribution is 7.89. The van der Waals surface area contributed by atoms with Gasteiger partial charge >= 0.3 is 0 Å². The Labute approximate surface area is 143 Å². The summed E-state index contributed by atoms with van der Waals surface area (Å²) in [6.07, 6.45) is 2.09. The lowest BCUT2D eigenvalue weighted by atomic mass is 10.1. The Balaban J connectivity index is 0.00000192. The van der Waals surface area contributed by atoms with Crippen LogP contribution in [0.2, 0.25) is 0 Å². The van der Waals surface area contributed by atoms with Gasteiger partial charge in [0.25, 0.3) is 0 Å². The third-order valence-corrected chi connectivity index (χ3v) is 6.36. The molecule has 1 aromatic carbocycles. The van der Waals surface area contributed by atoms with Crippen LogP contribution in [0.3, 0.4) is 0 Å². The summed E-state index contributed by atoms with van der Waals surface area (Å²) in [5.41, 5.74) is 7.58. The SMILES string of the molecule is CC(=O)N1CCc2cc(S(=O)(=O)N3CCC(N)CC3)ccc21.Cl. The zero-order chi connectivity index (χ0) is 15.9. The number of hydrogen-bond acceptors (Lipinski definition) is 4. The van der Waals surface area contributed by atoms with Gasteiger partial charge in [0, 0.05) is 38.3 Å². The van der Waals surface area contributed by atoms with Gasteiger partial charge in [0.15, 0.2) is 0 Å². The highest BCUT2D eigenvalue weighted by Gasteiger charge is 2.30. The van der Waals surface area contributed by atoms with Gasteiger partial charge in [0.1, 0.15) is 0 Å². The Morgan fingerprint density at radius 3 is 2.48 bits per heavy atom. The second-order valence-corrected chi connectivity index (χ2v) is 7.89. The minimum atomic E-state index is -3.47. The monoisotopic (exact) mass is 359 g/mol. The molecule has 0 saturated carbocycles. The van der Waals surface area contributed by atoms with E-state index < -0.39 is 10.0 Å². The number of hydrogen-bond donors (Lipinski definition) is 1. The fourth-order valence-corrected chi connectivity index (χ4v) is 4.65. The molecule has 1 saturated heterocycles. The number of nitrogens with two attached hydrogens (primary N) is 1. The number of carbonyl (C=O) groups is 1. The Morgan fingerprint density at radius 1 is 1.22 bits per heavy atom. The first-order chi connectivity index (χ1) is 10.4. The molecule has 8 heteroatoms. The second kappa shape index (κ2) is 6.76. The molecule has 2 N–H and O–H groups in total. The number of rotatable bonds is 2. The van der Waals surface area contributed by atoms with Crippen molar-refractivity contribution in [3.05, 3.63) is 23.8 Å². The largest absolute Gasteiger partial charge is 0.328 e. The van der Waals surface area contributed by atoms with Crippen molar-refractivity contribution in [1.82, 2.24) is 4.31 Å². The van der Waals surface area contributed by atoms with Crippen molar-refractivity contribution in [2.45, 2.75) is 37.1 Å². The molecule has 128 valence electrons. The average Bonchev–Trinajstić information content (AvgIpc) is 2.90. The minimum absolute atomic E-state index is 0. The third kappa shape index (κ3) is 3.38. The summed E-state index contributed by atoms with van der Waals surface area (Å²) in [7, 11) is -3.47. The maximum Gasteiger partial charge on any atom is 0.243 e. The first-order valence-corrected chi connectivity index (χ1v) is 9.00. The first-order valence-electron chi connectivity index (χ1n) is 7.56. The van der Waals surface area contributed by atoms with E-state index in [0.717, 1.165) is 11.3 Å². The van der Waals surface area contributed by atoms with E-state index in [0.29, 0.717) is 43.8 Å². The summed E-state index contributed by atoms with van der Waals surface area (Å²) in [6.45, 7) is 3.09. The number of anilines is 1. The van der Waals surface area contributed by atoms with Gasteiger partial charge < -0.3 is 10.6 Å². The molecule has 0 aromatic heterocycles. The molecule has 6 nitrogen and oxygen atoms in total.